The van der Waals surface area contributed by atoms with Crippen LogP contribution in [-0.4, -0.2) is 11.1 Å². The largest absolute Gasteiger partial charge is 0.356 e. The lowest BCUT2D eigenvalue weighted by atomic mass is 10.0. The summed E-state index contributed by atoms with van der Waals surface area (Å²) in [5.41, 5.74) is 6.74. The van der Waals surface area contributed by atoms with E-state index in [0.29, 0.717) is 23.6 Å². The van der Waals surface area contributed by atoms with Crippen LogP contribution in [0.2, 0.25) is 0 Å². The van der Waals surface area contributed by atoms with Crippen molar-refractivity contribution in [2.45, 2.75) is 20.4 Å². The minimum absolute atomic E-state index is 0.117. The number of carbonyl (C=O) groups is 1. The third-order valence-electron chi connectivity index (χ3n) is 4.75. The predicted molar refractivity (Wildman–Crippen MR) is 114 cm³/mol. The zero-order chi connectivity index (χ0) is 20.2. The Morgan fingerprint density at radius 3 is 2.14 bits per heavy atom. The summed E-state index contributed by atoms with van der Waals surface area (Å²) in [7, 11) is 0. The minimum atomic E-state index is -0.117. The molecule has 1 heterocycles. The van der Waals surface area contributed by atoms with Crippen molar-refractivity contribution in [3.8, 4) is 22.5 Å². The lowest BCUT2D eigenvalue weighted by Crippen LogP contribution is -2.23. The fraction of sp³-hybridized carbons (Fsp3) is 0.120. The molecule has 0 fully saturated rings. The van der Waals surface area contributed by atoms with E-state index in [9.17, 15) is 4.79 Å². The number of amides is 1. The molecule has 0 aliphatic heterocycles. The van der Waals surface area contributed by atoms with Gasteiger partial charge in [0.15, 0.2) is 5.76 Å². The second-order valence-electron chi connectivity index (χ2n) is 7.18. The topological polar surface area (TPSA) is 55.1 Å². The maximum atomic E-state index is 12.4. The Kier molecular flexibility index (Phi) is 5.25. The second kappa shape index (κ2) is 8.15. The van der Waals surface area contributed by atoms with Gasteiger partial charge in [-0.15, -0.1) is 0 Å². The van der Waals surface area contributed by atoms with Crippen LogP contribution in [-0.2, 0) is 6.54 Å². The highest BCUT2D eigenvalue weighted by Crippen LogP contribution is 2.25. The first-order valence-electron chi connectivity index (χ1n) is 9.56. The fourth-order valence-corrected chi connectivity index (χ4v) is 3.37. The number of hydrogen-bond donors (Lipinski definition) is 1. The predicted octanol–water partition coefficient (Wildman–Crippen LogP) is 5.56. The molecule has 3 aromatic carbocycles. The number of nitrogens with zero attached hydrogens (tertiary/aromatic N) is 1. The van der Waals surface area contributed by atoms with E-state index in [4.69, 9.17) is 4.52 Å². The van der Waals surface area contributed by atoms with Crippen LogP contribution in [0.15, 0.2) is 83.4 Å². The number of aromatic nitrogens is 1. The quantitative estimate of drug-likeness (QED) is 0.492. The molecule has 1 amide bonds. The lowest BCUT2D eigenvalue weighted by molar-refractivity contribution is 0.0950. The first-order valence-corrected chi connectivity index (χ1v) is 9.56. The Morgan fingerprint density at radius 2 is 1.45 bits per heavy atom. The summed E-state index contributed by atoms with van der Waals surface area (Å²) < 4.78 is 5.47. The van der Waals surface area contributed by atoms with E-state index >= 15 is 0 Å². The van der Waals surface area contributed by atoms with Gasteiger partial charge in [0.1, 0.15) is 5.69 Å². The number of aryl methyl sites for hydroxylation is 2. The monoisotopic (exact) mass is 382 g/mol. The number of nitrogens with one attached hydrogen (secondary N) is 1. The highest BCUT2D eigenvalue weighted by molar-refractivity contribution is 5.94. The molecule has 1 N–H and O–H groups in total. The smallest absolute Gasteiger partial charge is 0.251 e. The molecule has 29 heavy (non-hydrogen) atoms. The maximum absolute atomic E-state index is 12.4. The van der Waals surface area contributed by atoms with Crippen molar-refractivity contribution in [1.82, 2.24) is 10.5 Å². The van der Waals surface area contributed by atoms with Crippen LogP contribution >= 0.6 is 0 Å². The second-order valence-corrected chi connectivity index (χ2v) is 7.18. The fourth-order valence-electron chi connectivity index (χ4n) is 3.37. The van der Waals surface area contributed by atoms with E-state index in [1.54, 1.807) is 0 Å². The Morgan fingerprint density at radius 1 is 0.828 bits per heavy atom. The molecule has 0 radical (unpaired) electrons. The molecule has 0 aliphatic rings. The molecule has 0 aliphatic carbocycles. The third kappa shape index (κ3) is 4.43. The lowest BCUT2D eigenvalue weighted by Gasteiger charge is -2.05. The van der Waals surface area contributed by atoms with Gasteiger partial charge >= 0.3 is 0 Å². The molecule has 4 heteroatoms. The van der Waals surface area contributed by atoms with Crippen LogP contribution in [0.25, 0.3) is 22.5 Å². The van der Waals surface area contributed by atoms with Crippen molar-refractivity contribution in [2.75, 3.05) is 0 Å². The highest BCUT2D eigenvalue weighted by Gasteiger charge is 2.10. The van der Waals surface area contributed by atoms with Crippen molar-refractivity contribution in [3.05, 3.63) is 101 Å². The standard InChI is InChI=1S/C25H22N2O2/c1-17-12-18(2)14-22(13-17)25(28)26-16-23-15-24(29-27-23)21-10-8-20(9-11-21)19-6-4-3-5-7-19/h3-15H,16H2,1-2H3,(H,26,28). The molecule has 0 saturated carbocycles. The molecule has 4 aromatic rings. The van der Waals surface area contributed by atoms with Gasteiger partial charge in [0, 0.05) is 17.2 Å². The average Bonchev–Trinajstić information content (AvgIpc) is 3.21. The Bertz CT molecular complexity index is 1110. The van der Waals surface area contributed by atoms with Crippen molar-refractivity contribution in [2.24, 2.45) is 0 Å². The first-order chi connectivity index (χ1) is 14.1. The van der Waals surface area contributed by atoms with E-state index in [1.807, 2.05) is 68.4 Å². The molecule has 0 unspecified atom stereocenters. The SMILES string of the molecule is Cc1cc(C)cc(C(=O)NCc2cc(-c3ccc(-c4ccccc4)cc3)on2)c1. The van der Waals surface area contributed by atoms with Crippen LogP contribution < -0.4 is 5.32 Å². The molecule has 1 aromatic heterocycles. The number of rotatable bonds is 5. The molecule has 0 bridgehead atoms. The Labute approximate surface area is 170 Å². The number of benzene rings is 3. The zero-order valence-electron chi connectivity index (χ0n) is 16.5. The Hall–Kier alpha value is -3.66. The van der Waals surface area contributed by atoms with E-state index in [2.05, 4.69) is 34.7 Å². The van der Waals surface area contributed by atoms with Crippen LogP contribution in [0.3, 0.4) is 0 Å². The van der Waals surface area contributed by atoms with Crippen molar-refractivity contribution in [1.29, 1.82) is 0 Å². The van der Waals surface area contributed by atoms with Crippen molar-refractivity contribution in [3.63, 3.8) is 0 Å². The van der Waals surface area contributed by atoms with Gasteiger partial charge in [-0.05, 0) is 37.1 Å². The van der Waals surface area contributed by atoms with Gasteiger partial charge in [0.25, 0.3) is 5.91 Å². The van der Waals surface area contributed by atoms with Gasteiger partial charge in [-0.1, -0.05) is 76.9 Å². The van der Waals surface area contributed by atoms with E-state index in [1.165, 1.54) is 5.56 Å². The molecule has 4 rings (SSSR count). The van der Waals surface area contributed by atoms with Crippen LogP contribution in [0.5, 0.6) is 0 Å². The van der Waals surface area contributed by atoms with Gasteiger partial charge in [-0.2, -0.15) is 0 Å². The molecule has 144 valence electrons. The van der Waals surface area contributed by atoms with Gasteiger partial charge in [-0.25, -0.2) is 0 Å². The molecule has 4 nitrogen and oxygen atoms in total. The number of hydrogen-bond acceptors (Lipinski definition) is 3. The highest BCUT2D eigenvalue weighted by atomic mass is 16.5. The summed E-state index contributed by atoms with van der Waals surface area (Å²) in [6.45, 7) is 4.28. The normalized spacial score (nSPS) is 10.7. The van der Waals surface area contributed by atoms with E-state index in [0.717, 1.165) is 22.3 Å². The summed E-state index contributed by atoms with van der Waals surface area (Å²) in [5.74, 6) is 0.564. The Balaban J connectivity index is 1.42. The van der Waals surface area contributed by atoms with Crippen LogP contribution in [0.1, 0.15) is 27.2 Å². The summed E-state index contributed by atoms with van der Waals surface area (Å²) in [5, 5.41) is 6.99. The molecule has 0 spiro atoms. The number of carbonyl (C=O) groups excluding carboxylic acids is 1. The molecule has 0 atom stereocenters. The maximum Gasteiger partial charge on any atom is 0.251 e. The van der Waals surface area contributed by atoms with Crippen molar-refractivity contribution < 1.29 is 9.32 Å². The van der Waals surface area contributed by atoms with Crippen LogP contribution in [0, 0.1) is 13.8 Å². The minimum Gasteiger partial charge on any atom is -0.356 e. The average molecular weight is 382 g/mol. The molecular formula is C25H22N2O2. The first kappa shape index (κ1) is 18.7. The van der Waals surface area contributed by atoms with Gasteiger partial charge in [-0.3, -0.25) is 4.79 Å². The van der Waals surface area contributed by atoms with E-state index < -0.39 is 0 Å². The molecular weight excluding hydrogens is 360 g/mol. The van der Waals surface area contributed by atoms with Gasteiger partial charge < -0.3 is 9.84 Å². The van der Waals surface area contributed by atoms with Gasteiger partial charge in [0.2, 0.25) is 0 Å². The summed E-state index contributed by atoms with van der Waals surface area (Å²) in [4.78, 5) is 12.4. The summed E-state index contributed by atoms with van der Waals surface area (Å²) in [6.07, 6.45) is 0. The third-order valence-corrected chi connectivity index (χ3v) is 4.75. The zero-order valence-corrected chi connectivity index (χ0v) is 16.5. The van der Waals surface area contributed by atoms with Crippen LogP contribution in [0.4, 0.5) is 0 Å². The van der Waals surface area contributed by atoms with Crippen molar-refractivity contribution >= 4 is 5.91 Å². The molecule has 0 saturated heterocycles. The van der Waals surface area contributed by atoms with E-state index in [-0.39, 0.29) is 5.91 Å². The van der Waals surface area contributed by atoms with Gasteiger partial charge in [0.05, 0.1) is 6.54 Å². The summed E-state index contributed by atoms with van der Waals surface area (Å²) >= 11 is 0. The summed E-state index contributed by atoms with van der Waals surface area (Å²) in [6, 6.07) is 26.0.